The monoisotopic (exact) mass is 200 g/mol. The summed E-state index contributed by atoms with van der Waals surface area (Å²) in [5, 5.41) is 0. The number of rotatable bonds is 3. The highest BCUT2D eigenvalue weighted by Crippen LogP contribution is 2.25. The first-order valence-corrected chi connectivity index (χ1v) is 4.06. The summed E-state index contributed by atoms with van der Waals surface area (Å²) in [5.41, 5.74) is 5.45. The van der Waals surface area contributed by atoms with Gasteiger partial charge in [0.25, 0.3) is 0 Å². The second-order valence-corrected chi connectivity index (χ2v) is 3.35. The van der Waals surface area contributed by atoms with Crippen molar-refractivity contribution in [2.24, 2.45) is 5.73 Å². The highest BCUT2D eigenvalue weighted by molar-refractivity contribution is 4.83. The molecule has 2 N–H and O–H groups in total. The van der Waals surface area contributed by atoms with Crippen molar-refractivity contribution in [1.29, 1.82) is 0 Å². The van der Waals surface area contributed by atoms with Gasteiger partial charge in [0.1, 0.15) is 0 Å². The van der Waals surface area contributed by atoms with Gasteiger partial charge in [-0.05, 0) is 13.0 Å². The van der Waals surface area contributed by atoms with Crippen LogP contribution in [-0.4, -0.2) is 42.9 Å². The third-order valence-electron chi connectivity index (χ3n) is 2.06. The Morgan fingerprint density at radius 2 is 2.08 bits per heavy atom. The van der Waals surface area contributed by atoms with Crippen LogP contribution in [0.4, 0.5) is 17.6 Å². The summed E-state index contributed by atoms with van der Waals surface area (Å²) >= 11 is 0. The maximum absolute atomic E-state index is 12.5. The zero-order chi connectivity index (χ0) is 10.1. The predicted octanol–water partition coefficient (Wildman–Crippen LogP) is 0.920. The minimum Gasteiger partial charge on any atom is -0.326 e. The van der Waals surface area contributed by atoms with E-state index in [1.54, 1.807) is 0 Å². The second kappa shape index (κ2) is 3.79. The molecule has 1 aliphatic heterocycles. The van der Waals surface area contributed by atoms with Crippen molar-refractivity contribution in [3.05, 3.63) is 0 Å². The van der Waals surface area contributed by atoms with Crippen molar-refractivity contribution in [2.75, 3.05) is 19.6 Å². The van der Waals surface area contributed by atoms with Crippen molar-refractivity contribution in [3.63, 3.8) is 0 Å². The van der Waals surface area contributed by atoms with Crippen LogP contribution >= 0.6 is 0 Å². The fourth-order valence-electron chi connectivity index (χ4n) is 1.37. The van der Waals surface area contributed by atoms with Crippen LogP contribution in [0.3, 0.4) is 0 Å². The van der Waals surface area contributed by atoms with Gasteiger partial charge in [-0.15, -0.1) is 0 Å². The molecule has 0 spiro atoms. The molecule has 1 rings (SSSR count). The van der Waals surface area contributed by atoms with Crippen LogP contribution in [0, 0.1) is 0 Å². The zero-order valence-electron chi connectivity index (χ0n) is 7.02. The molecule has 0 saturated carbocycles. The Kier molecular flexibility index (Phi) is 3.13. The fourth-order valence-corrected chi connectivity index (χ4v) is 1.37. The highest BCUT2D eigenvalue weighted by atomic mass is 19.3. The minimum absolute atomic E-state index is 0.159. The summed E-state index contributed by atoms with van der Waals surface area (Å²) in [6.07, 6.45) is -3.00. The zero-order valence-corrected chi connectivity index (χ0v) is 7.02. The summed E-state index contributed by atoms with van der Waals surface area (Å²) in [5.74, 6) is -3.91. The maximum atomic E-state index is 12.5. The molecule has 78 valence electrons. The average Bonchev–Trinajstić information content (AvgIpc) is 2.34. The van der Waals surface area contributed by atoms with Crippen LogP contribution in [-0.2, 0) is 0 Å². The van der Waals surface area contributed by atoms with Crippen molar-refractivity contribution in [1.82, 2.24) is 4.90 Å². The van der Waals surface area contributed by atoms with E-state index >= 15 is 0 Å². The Balaban J connectivity index is 2.40. The third-order valence-corrected chi connectivity index (χ3v) is 2.06. The lowest BCUT2D eigenvalue weighted by atomic mass is 10.3. The van der Waals surface area contributed by atoms with E-state index in [9.17, 15) is 17.6 Å². The Labute approximate surface area is 73.7 Å². The van der Waals surface area contributed by atoms with Crippen molar-refractivity contribution in [2.45, 2.75) is 24.8 Å². The summed E-state index contributed by atoms with van der Waals surface area (Å²) in [6.45, 7) is -0.232. The molecule has 0 aliphatic carbocycles. The van der Waals surface area contributed by atoms with E-state index in [0.717, 1.165) is 0 Å². The number of nitrogens with zero attached hydrogens (tertiary/aromatic N) is 1. The lowest BCUT2D eigenvalue weighted by Gasteiger charge is -2.22. The van der Waals surface area contributed by atoms with E-state index in [0.29, 0.717) is 13.0 Å². The van der Waals surface area contributed by atoms with E-state index in [4.69, 9.17) is 5.73 Å². The SMILES string of the molecule is N[C@@H]1CCN(CC(F)(F)C(F)F)C1. The number of hydrogen-bond acceptors (Lipinski definition) is 2. The molecule has 1 fully saturated rings. The van der Waals surface area contributed by atoms with Crippen molar-refractivity contribution in [3.8, 4) is 0 Å². The summed E-state index contributed by atoms with van der Waals surface area (Å²) < 4.78 is 48.5. The Morgan fingerprint density at radius 1 is 1.46 bits per heavy atom. The molecule has 0 radical (unpaired) electrons. The molecule has 0 unspecified atom stereocenters. The molecule has 0 aromatic heterocycles. The van der Waals surface area contributed by atoms with Gasteiger partial charge >= 0.3 is 12.3 Å². The normalized spacial score (nSPS) is 25.8. The summed E-state index contributed by atoms with van der Waals surface area (Å²) in [4.78, 5) is 1.27. The molecule has 0 amide bonds. The Bertz CT molecular complexity index is 174. The van der Waals surface area contributed by atoms with E-state index < -0.39 is 18.9 Å². The lowest BCUT2D eigenvalue weighted by molar-refractivity contribution is -0.140. The molecule has 0 aromatic rings. The third kappa shape index (κ3) is 2.80. The van der Waals surface area contributed by atoms with Gasteiger partial charge in [-0.2, -0.15) is 8.78 Å². The van der Waals surface area contributed by atoms with Gasteiger partial charge in [0, 0.05) is 12.6 Å². The topological polar surface area (TPSA) is 29.3 Å². The molecule has 13 heavy (non-hydrogen) atoms. The quantitative estimate of drug-likeness (QED) is 0.686. The lowest BCUT2D eigenvalue weighted by Crippen LogP contribution is -2.41. The number of alkyl halides is 4. The first-order chi connectivity index (χ1) is 5.92. The number of halogens is 4. The summed E-state index contributed by atoms with van der Waals surface area (Å²) in [6, 6.07) is -0.159. The van der Waals surface area contributed by atoms with Gasteiger partial charge in [0.2, 0.25) is 0 Å². The number of hydrogen-bond donors (Lipinski definition) is 1. The molecule has 2 nitrogen and oxygen atoms in total. The Morgan fingerprint density at radius 3 is 2.46 bits per heavy atom. The summed E-state index contributed by atoms with van der Waals surface area (Å²) in [7, 11) is 0. The smallest absolute Gasteiger partial charge is 0.319 e. The second-order valence-electron chi connectivity index (χ2n) is 3.35. The van der Waals surface area contributed by atoms with Crippen LogP contribution in [0.1, 0.15) is 6.42 Å². The molecule has 1 aliphatic rings. The standard InChI is InChI=1S/C7H12F4N2/c8-6(9)7(10,11)4-13-2-1-5(12)3-13/h5-6H,1-4,12H2/t5-/m1/s1. The van der Waals surface area contributed by atoms with E-state index in [-0.39, 0.29) is 12.6 Å². The molecular formula is C7H12F4N2. The van der Waals surface area contributed by atoms with Gasteiger partial charge in [-0.25, -0.2) is 8.78 Å². The molecule has 1 heterocycles. The van der Waals surface area contributed by atoms with Crippen LogP contribution < -0.4 is 5.73 Å². The van der Waals surface area contributed by atoms with E-state index in [2.05, 4.69) is 0 Å². The minimum atomic E-state index is -3.91. The van der Waals surface area contributed by atoms with Crippen LogP contribution in [0.15, 0.2) is 0 Å². The van der Waals surface area contributed by atoms with E-state index in [1.807, 2.05) is 0 Å². The molecule has 0 aromatic carbocycles. The van der Waals surface area contributed by atoms with Crippen LogP contribution in [0.2, 0.25) is 0 Å². The first-order valence-electron chi connectivity index (χ1n) is 4.06. The van der Waals surface area contributed by atoms with Crippen LogP contribution in [0.25, 0.3) is 0 Å². The fraction of sp³-hybridized carbons (Fsp3) is 1.00. The molecule has 0 bridgehead atoms. The van der Waals surface area contributed by atoms with Gasteiger partial charge in [-0.1, -0.05) is 0 Å². The molecular weight excluding hydrogens is 188 g/mol. The van der Waals surface area contributed by atoms with Crippen molar-refractivity contribution < 1.29 is 17.6 Å². The van der Waals surface area contributed by atoms with Gasteiger partial charge < -0.3 is 5.73 Å². The molecule has 1 atom stereocenters. The molecule has 1 saturated heterocycles. The highest BCUT2D eigenvalue weighted by Gasteiger charge is 2.43. The van der Waals surface area contributed by atoms with Crippen LogP contribution in [0.5, 0.6) is 0 Å². The largest absolute Gasteiger partial charge is 0.326 e. The van der Waals surface area contributed by atoms with E-state index in [1.165, 1.54) is 4.90 Å². The first kappa shape index (κ1) is 10.7. The van der Waals surface area contributed by atoms with Crippen molar-refractivity contribution >= 4 is 0 Å². The number of nitrogens with two attached hydrogens (primary N) is 1. The average molecular weight is 200 g/mol. The molecule has 6 heteroatoms. The Hall–Kier alpha value is -0.360. The van der Waals surface area contributed by atoms with Gasteiger partial charge in [0.15, 0.2) is 0 Å². The van der Waals surface area contributed by atoms with Gasteiger partial charge in [-0.3, -0.25) is 4.90 Å². The maximum Gasteiger partial charge on any atom is 0.319 e. The van der Waals surface area contributed by atoms with Gasteiger partial charge in [0.05, 0.1) is 6.54 Å². The number of likely N-dealkylation sites (tertiary alicyclic amines) is 1. The predicted molar refractivity (Wildman–Crippen MR) is 40.0 cm³/mol.